The number of anilines is 1. The molecule has 0 N–H and O–H groups in total. The van der Waals surface area contributed by atoms with Crippen LogP contribution in [-0.2, 0) is 14.3 Å². The van der Waals surface area contributed by atoms with Crippen molar-refractivity contribution < 1.29 is 19.1 Å². The van der Waals surface area contributed by atoms with Gasteiger partial charge in [0, 0.05) is 25.1 Å². The molecule has 0 bridgehead atoms. The Labute approximate surface area is 137 Å². The third-order valence-electron chi connectivity index (χ3n) is 4.88. The van der Waals surface area contributed by atoms with Crippen molar-refractivity contribution >= 4 is 17.6 Å². The van der Waals surface area contributed by atoms with E-state index < -0.39 is 0 Å². The van der Waals surface area contributed by atoms with E-state index in [1.54, 1.807) is 7.11 Å². The molecule has 1 amide bonds. The molecule has 126 valence electrons. The van der Waals surface area contributed by atoms with E-state index in [-0.39, 0.29) is 17.3 Å². The Balaban J connectivity index is 2.15. The van der Waals surface area contributed by atoms with Crippen molar-refractivity contribution in [1.82, 2.24) is 0 Å². The second-order valence-corrected chi connectivity index (χ2v) is 6.11. The number of piperidine rings is 1. The smallest absolute Gasteiger partial charge is 0.305 e. The molecule has 0 spiro atoms. The molecule has 1 heterocycles. The maximum atomic E-state index is 12.4. The van der Waals surface area contributed by atoms with Crippen LogP contribution in [0.3, 0.4) is 0 Å². The highest BCUT2D eigenvalue weighted by atomic mass is 16.5. The molecule has 1 atom stereocenters. The summed E-state index contributed by atoms with van der Waals surface area (Å²) in [6.07, 6.45) is 3.42. The van der Waals surface area contributed by atoms with Crippen molar-refractivity contribution in [3.8, 4) is 5.75 Å². The highest BCUT2D eigenvalue weighted by Gasteiger charge is 2.38. The minimum Gasteiger partial charge on any atom is -0.497 e. The van der Waals surface area contributed by atoms with Gasteiger partial charge in [0.05, 0.1) is 14.2 Å². The van der Waals surface area contributed by atoms with Crippen LogP contribution in [-0.4, -0.2) is 32.6 Å². The highest BCUT2D eigenvalue weighted by molar-refractivity contribution is 5.94. The summed E-state index contributed by atoms with van der Waals surface area (Å²) in [4.78, 5) is 25.7. The predicted molar refractivity (Wildman–Crippen MR) is 88.6 cm³/mol. The Hall–Kier alpha value is -2.04. The fourth-order valence-corrected chi connectivity index (χ4v) is 3.15. The Morgan fingerprint density at radius 2 is 1.96 bits per heavy atom. The van der Waals surface area contributed by atoms with Gasteiger partial charge in [0.15, 0.2) is 0 Å². The van der Waals surface area contributed by atoms with Crippen LogP contribution in [0.2, 0.25) is 0 Å². The molecular formula is C18H25NO4. The van der Waals surface area contributed by atoms with Crippen LogP contribution in [0.15, 0.2) is 24.3 Å². The first-order valence-corrected chi connectivity index (χ1v) is 8.05. The standard InChI is InChI=1S/C18H25NO4/c1-4-18(12-10-17(21)23-3)11-9-16(20)19(13-18)14-5-7-15(22-2)8-6-14/h5-8H,4,9-13H2,1-3H3. The fourth-order valence-electron chi connectivity index (χ4n) is 3.15. The summed E-state index contributed by atoms with van der Waals surface area (Å²) in [5, 5.41) is 0. The molecule has 0 radical (unpaired) electrons. The van der Waals surface area contributed by atoms with Crippen molar-refractivity contribution in [2.24, 2.45) is 5.41 Å². The second-order valence-electron chi connectivity index (χ2n) is 6.11. The molecule has 1 aromatic rings. The van der Waals surface area contributed by atoms with Gasteiger partial charge < -0.3 is 14.4 Å². The molecule has 23 heavy (non-hydrogen) atoms. The molecule has 0 aliphatic carbocycles. The average Bonchev–Trinajstić information content (AvgIpc) is 2.61. The molecular weight excluding hydrogens is 294 g/mol. The molecule has 1 fully saturated rings. The lowest BCUT2D eigenvalue weighted by Crippen LogP contribution is -2.46. The summed E-state index contributed by atoms with van der Waals surface area (Å²) in [6.45, 7) is 2.77. The second kappa shape index (κ2) is 7.49. The molecule has 1 unspecified atom stereocenters. The number of ether oxygens (including phenoxy) is 2. The summed E-state index contributed by atoms with van der Waals surface area (Å²) < 4.78 is 9.92. The van der Waals surface area contributed by atoms with Gasteiger partial charge in [-0.2, -0.15) is 0 Å². The lowest BCUT2D eigenvalue weighted by Gasteiger charge is -2.42. The number of rotatable bonds is 6. The lowest BCUT2D eigenvalue weighted by atomic mass is 9.74. The first-order chi connectivity index (χ1) is 11.0. The number of carbonyl (C=O) groups is 2. The monoisotopic (exact) mass is 319 g/mol. The summed E-state index contributed by atoms with van der Waals surface area (Å²) in [5.41, 5.74) is 0.855. The van der Waals surface area contributed by atoms with Crippen LogP contribution in [0.25, 0.3) is 0 Å². The molecule has 5 heteroatoms. The van der Waals surface area contributed by atoms with E-state index in [1.165, 1.54) is 7.11 Å². The largest absolute Gasteiger partial charge is 0.497 e. The van der Waals surface area contributed by atoms with Crippen molar-refractivity contribution in [1.29, 1.82) is 0 Å². The number of benzene rings is 1. The van der Waals surface area contributed by atoms with Gasteiger partial charge in [0.25, 0.3) is 0 Å². The Morgan fingerprint density at radius 1 is 1.26 bits per heavy atom. The maximum Gasteiger partial charge on any atom is 0.305 e. The minimum absolute atomic E-state index is 0.0258. The molecule has 1 aliphatic heterocycles. The minimum atomic E-state index is -0.189. The van der Waals surface area contributed by atoms with Crippen molar-refractivity contribution in [2.75, 3.05) is 25.7 Å². The van der Waals surface area contributed by atoms with Gasteiger partial charge in [0.1, 0.15) is 5.75 Å². The Bertz CT molecular complexity index is 555. The normalized spacial score (nSPS) is 21.2. The number of esters is 1. The van der Waals surface area contributed by atoms with E-state index in [4.69, 9.17) is 9.47 Å². The van der Waals surface area contributed by atoms with Gasteiger partial charge in [-0.3, -0.25) is 9.59 Å². The summed E-state index contributed by atoms with van der Waals surface area (Å²) in [6, 6.07) is 7.53. The van der Waals surface area contributed by atoms with E-state index in [0.29, 0.717) is 19.4 Å². The number of hydrogen-bond donors (Lipinski definition) is 0. The zero-order chi connectivity index (χ0) is 16.9. The van der Waals surface area contributed by atoms with Crippen molar-refractivity contribution in [3.05, 3.63) is 24.3 Å². The molecule has 1 saturated heterocycles. The van der Waals surface area contributed by atoms with Crippen molar-refractivity contribution in [3.63, 3.8) is 0 Å². The zero-order valence-corrected chi connectivity index (χ0v) is 14.1. The molecule has 0 saturated carbocycles. The van der Waals surface area contributed by atoms with Gasteiger partial charge >= 0.3 is 5.97 Å². The van der Waals surface area contributed by atoms with E-state index in [1.807, 2.05) is 29.2 Å². The summed E-state index contributed by atoms with van der Waals surface area (Å²) >= 11 is 0. The van der Waals surface area contributed by atoms with Gasteiger partial charge in [-0.1, -0.05) is 6.92 Å². The Kier molecular flexibility index (Phi) is 5.64. The number of carbonyl (C=O) groups excluding carboxylic acids is 2. The van der Waals surface area contributed by atoms with Crippen LogP contribution in [0, 0.1) is 5.41 Å². The number of amides is 1. The van der Waals surface area contributed by atoms with E-state index in [0.717, 1.165) is 30.7 Å². The van der Waals surface area contributed by atoms with E-state index >= 15 is 0 Å². The molecule has 2 rings (SSSR count). The van der Waals surface area contributed by atoms with Crippen molar-refractivity contribution in [2.45, 2.75) is 39.0 Å². The highest BCUT2D eigenvalue weighted by Crippen LogP contribution is 2.40. The number of nitrogens with zero attached hydrogens (tertiary/aromatic N) is 1. The summed E-state index contributed by atoms with van der Waals surface area (Å²) in [5.74, 6) is 0.716. The van der Waals surface area contributed by atoms with Gasteiger partial charge in [-0.05, 0) is 48.9 Å². The number of methoxy groups -OCH3 is 2. The number of hydrogen-bond acceptors (Lipinski definition) is 4. The lowest BCUT2D eigenvalue weighted by molar-refractivity contribution is -0.141. The quantitative estimate of drug-likeness (QED) is 0.756. The third-order valence-corrected chi connectivity index (χ3v) is 4.88. The predicted octanol–water partition coefficient (Wildman–Crippen LogP) is 3.17. The molecule has 5 nitrogen and oxygen atoms in total. The molecule has 1 aromatic carbocycles. The van der Waals surface area contributed by atoms with Gasteiger partial charge in [-0.25, -0.2) is 0 Å². The SMILES string of the molecule is CCC1(CCC(=O)OC)CCC(=O)N(c2ccc(OC)cc2)C1. The maximum absolute atomic E-state index is 12.4. The van der Waals surface area contributed by atoms with Crippen LogP contribution < -0.4 is 9.64 Å². The van der Waals surface area contributed by atoms with Crippen LogP contribution in [0.5, 0.6) is 5.75 Å². The van der Waals surface area contributed by atoms with E-state index in [2.05, 4.69) is 6.92 Å². The topological polar surface area (TPSA) is 55.8 Å². The molecule has 1 aliphatic rings. The van der Waals surface area contributed by atoms with Gasteiger partial charge in [-0.15, -0.1) is 0 Å². The van der Waals surface area contributed by atoms with Crippen LogP contribution >= 0.6 is 0 Å². The van der Waals surface area contributed by atoms with Crippen LogP contribution in [0.4, 0.5) is 5.69 Å². The van der Waals surface area contributed by atoms with Crippen LogP contribution in [0.1, 0.15) is 39.0 Å². The summed E-state index contributed by atoms with van der Waals surface area (Å²) in [7, 11) is 3.03. The van der Waals surface area contributed by atoms with Gasteiger partial charge in [0.2, 0.25) is 5.91 Å². The zero-order valence-electron chi connectivity index (χ0n) is 14.1. The van der Waals surface area contributed by atoms with E-state index in [9.17, 15) is 9.59 Å². The third kappa shape index (κ3) is 4.03. The first kappa shape index (κ1) is 17.3. The fraction of sp³-hybridized carbons (Fsp3) is 0.556. The Morgan fingerprint density at radius 3 is 2.52 bits per heavy atom. The first-order valence-electron chi connectivity index (χ1n) is 8.05. The average molecular weight is 319 g/mol. The molecule has 0 aromatic heterocycles.